The highest BCUT2D eigenvalue weighted by molar-refractivity contribution is 5.17. The fourth-order valence-electron chi connectivity index (χ4n) is 2.20. The van der Waals surface area contributed by atoms with Crippen LogP contribution in [0.25, 0.3) is 0 Å². The Balaban J connectivity index is 0.000000121. The smallest absolute Gasteiger partial charge is 0.0234 e. The average Bonchev–Trinajstić information content (AvgIpc) is 3.39. The summed E-state index contributed by atoms with van der Waals surface area (Å²) in [6, 6.07) is 22.0. The van der Waals surface area contributed by atoms with Crippen molar-refractivity contribution in [1.29, 1.82) is 0 Å². The molecule has 2 heterocycles. The number of benzene rings is 2. The van der Waals surface area contributed by atoms with E-state index in [-0.39, 0.29) is 0 Å². The lowest BCUT2D eigenvalue weighted by molar-refractivity contribution is 0.556. The summed E-state index contributed by atoms with van der Waals surface area (Å²) in [5.41, 5.74) is 2.87. The quantitative estimate of drug-likeness (QED) is 0.861. The van der Waals surface area contributed by atoms with Gasteiger partial charge in [-0.05, 0) is 17.5 Å². The van der Waals surface area contributed by atoms with Gasteiger partial charge in [0.2, 0.25) is 0 Å². The Labute approximate surface area is 121 Å². The number of hydrogen-bond acceptors (Lipinski definition) is 2. The molecule has 2 aromatic rings. The minimum Gasteiger partial charge on any atom is -0.311 e. The Hall–Kier alpha value is -1.64. The molecule has 2 aromatic carbocycles. The minimum atomic E-state index is 0.766. The highest BCUT2D eigenvalue weighted by Crippen LogP contribution is 2.10. The molecule has 1 atom stereocenters. The van der Waals surface area contributed by atoms with Crippen molar-refractivity contribution in [2.24, 2.45) is 0 Å². The molecule has 104 valence electrons. The Morgan fingerprint density at radius 3 is 1.90 bits per heavy atom. The van der Waals surface area contributed by atoms with E-state index in [2.05, 4.69) is 70.9 Å². The van der Waals surface area contributed by atoms with Gasteiger partial charge in [-0.25, -0.2) is 0 Å². The third kappa shape index (κ3) is 4.80. The van der Waals surface area contributed by atoms with Gasteiger partial charge in [0.05, 0.1) is 0 Å². The monoisotopic (exact) mass is 266 g/mol. The van der Waals surface area contributed by atoms with Crippen molar-refractivity contribution in [1.82, 2.24) is 10.2 Å². The molecule has 2 saturated heterocycles. The number of nitrogens with zero attached hydrogens (tertiary/aromatic N) is 1. The molecule has 0 spiro atoms. The zero-order valence-corrected chi connectivity index (χ0v) is 11.8. The topological polar surface area (TPSA) is 25.0 Å². The van der Waals surface area contributed by atoms with E-state index in [9.17, 15) is 0 Å². The van der Waals surface area contributed by atoms with Crippen LogP contribution in [0.1, 0.15) is 11.1 Å². The summed E-state index contributed by atoms with van der Waals surface area (Å²) in [5.74, 6) is 0. The number of nitrogens with one attached hydrogen (secondary N) is 1. The largest absolute Gasteiger partial charge is 0.311 e. The number of hydrogen-bond donors (Lipinski definition) is 1. The Morgan fingerprint density at radius 2 is 1.40 bits per heavy atom. The van der Waals surface area contributed by atoms with E-state index in [1.54, 1.807) is 0 Å². The second kappa shape index (κ2) is 6.69. The van der Waals surface area contributed by atoms with Crippen molar-refractivity contribution in [3.05, 3.63) is 71.8 Å². The molecule has 20 heavy (non-hydrogen) atoms. The van der Waals surface area contributed by atoms with Gasteiger partial charge in [-0.15, -0.1) is 0 Å². The van der Waals surface area contributed by atoms with Gasteiger partial charge in [-0.3, -0.25) is 4.90 Å². The molecule has 1 N–H and O–H groups in total. The zero-order chi connectivity index (χ0) is 13.6. The number of rotatable bonds is 4. The van der Waals surface area contributed by atoms with E-state index >= 15 is 0 Å². The Kier molecular flexibility index (Phi) is 4.46. The fourth-order valence-corrected chi connectivity index (χ4v) is 2.20. The van der Waals surface area contributed by atoms with Crippen LogP contribution in [0.15, 0.2) is 60.7 Å². The highest BCUT2D eigenvalue weighted by Gasteiger charge is 2.19. The maximum Gasteiger partial charge on any atom is 0.0234 e. The summed E-state index contributed by atoms with van der Waals surface area (Å²) in [6.07, 6.45) is 1.20. The summed E-state index contributed by atoms with van der Waals surface area (Å²) < 4.78 is 0. The molecule has 2 nitrogen and oxygen atoms in total. The molecule has 0 bridgehead atoms. The van der Waals surface area contributed by atoms with Crippen LogP contribution >= 0.6 is 0 Å². The lowest BCUT2D eigenvalue weighted by atomic mass is 10.1. The van der Waals surface area contributed by atoms with Crippen LogP contribution in [0, 0.1) is 0 Å². The second-order valence-electron chi connectivity index (χ2n) is 5.56. The maximum absolute atomic E-state index is 3.28. The summed E-state index contributed by atoms with van der Waals surface area (Å²) in [6.45, 7) is 4.92. The molecule has 0 amide bonds. The third-order valence-electron chi connectivity index (χ3n) is 3.61. The van der Waals surface area contributed by atoms with Crippen molar-refractivity contribution in [2.75, 3.05) is 19.6 Å². The molecule has 0 aliphatic carbocycles. The standard InChI is InChI=1S/2C9H11N/c1-2-4-8(5-3-1)6-9-7-10-9;1-2-4-9(5-3-1)8-10-6-7-10/h1-5,9-10H,6-7H2;1-5H,6-8H2. The van der Waals surface area contributed by atoms with E-state index in [0.29, 0.717) is 0 Å². The molecule has 4 rings (SSSR count). The van der Waals surface area contributed by atoms with Crippen LogP contribution in [0.4, 0.5) is 0 Å². The molecule has 0 radical (unpaired) electrons. The highest BCUT2D eigenvalue weighted by atomic mass is 15.2. The van der Waals surface area contributed by atoms with E-state index in [1.165, 1.54) is 37.2 Å². The van der Waals surface area contributed by atoms with Gasteiger partial charge in [0.15, 0.2) is 0 Å². The van der Waals surface area contributed by atoms with Gasteiger partial charge in [0.25, 0.3) is 0 Å². The fraction of sp³-hybridized carbons (Fsp3) is 0.333. The van der Waals surface area contributed by atoms with Crippen molar-refractivity contribution < 1.29 is 0 Å². The van der Waals surface area contributed by atoms with E-state index in [0.717, 1.165) is 12.6 Å². The van der Waals surface area contributed by atoms with E-state index in [4.69, 9.17) is 0 Å². The Bertz CT molecular complexity index is 452. The van der Waals surface area contributed by atoms with Gasteiger partial charge in [-0.1, -0.05) is 60.7 Å². The van der Waals surface area contributed by atoms with Gasteiger partial charge in [0.1, 0.15) is 0 Å². The van der Waals surface area contributed by atoms with Crippen LogP contribution in [-0.2, 0) is 13.0 Å². The molecular weight excluding hydrogens is 244 g/mol. The average molecular weight is 266 g/mol. The van der Waals surface area contributed by atoms with Gasteiger partial charge in [-0.2, -0.15) is 0 Å². The first kappa shape index (κ1) is 13.3. The molecule has 0 saturated carbocycles. The molecule has 2 fully saturated rings. The molecule has 2 aliphatic rings. The van der Waals surface area contributed by atoms with Crippen molar-refractivity contribution in [3.63, 3.8) is 0 Å². The van der Waals surface area contributed by atoms with E-state index < -0.39 is 0 Å². The zero-order valence-electron chi connectivity index (χ0n) is 11.8. The molecule has 2 aliphatic heterocycles. The van der Waals surface area contributed by atoms with Crippen molar-refractivity contribution in [2.45, 2.75) is 19.0 Å². The Morgan fingerprint density at radius 1 is 0.850 bits per heavy atom. The normalized spacial score (nSPS) is 19.9. The van der Waals surface area contributed by atoms with Crippen LogP contribution in [-0.4, -0.2) is 30.6 Å². The lowest BCUT2D eigenvalue weighted by Gasteiger charge is -1.98. The first-order chi connectivity index (χ1) is 9.90. The van der Waals surface area contributed by atoms with E-state index in [1.807, 2.05) is 0 Å². The van der Waals surface area contributed by atoms with Crippen LogP contribution in [0.2, 0.25) is 0 Å². The molecule has 0 aromatic heterocycles. The molecular formula is C18H22N2. The first-order valence-corrected chi connectivity index (χ1v) is 7.44. The predicted octanol–water partition coefficient (Wildman–Crippen LogP) is 2.70. The second-order valence-corrected chi connectivity index (χ2v) is 5.56. The maximum atomic E-state index is 3.28. The van der Waals surface area contributed by atoms with Gasteiger partial charge < -0.3 is 5.32 Å². The van der Waals surface area contributed by atoms with Crippen molar-refractivity contribution in [3.8, 4) is 0 Å². The van der Waals surface area contributed by atoms with Crippen molar-refractivity contribution >= 4 is 0 Å². The summed E-state index contributed by atoms with van der Waals surface area (Å²) >= 11 is 0. The van der Waals surface area contributed by atoms with Crippen LogP contribution < -0.4 is 5.32 Å². The summed E-state index contributed by atoms with van der Waals surface area (Å²) in [5, 5.41) is 3.28. The lowest BCUT2D eigenvalue weighted by Crippen LogP contribution is -1.95. The van der Waals surface area contributed by atoms with Crippen LogP contribution in [0.5, 0.6) is 0 Å². The molecule has 2 heteroatoms. The summed E-state index contributed by atoms with van der Waals surface area (Å²) in [4.78, 5) is 2.41. The third-order valence-corrected chi connectivity index (χ3v) is 3.61. The SMILES string of the molecule is c1ccc(CC2CN2)cc1.c1ccc(CN2CC2)cc1. The predicted molar refractivity (Wildman–Crippen MR) is 83.7 cm³/mol. The molecule has 1 unspecified atom stereocenters. The van der Waals surface area contributed by atoms with Gasteiger partial charge in [0, 0.05) is 32.2 Å². The van der Waals surface area contributed by atoms with Gasteiger partial charge >= 0.3 is 0 Å². The minimum absolute atomic E-state index is 0.766. The van der Waals surface area contributed by atoms with Crippen LogP contribution in [0.3, 0.4) is 0 Å². The first-order valence-electron chi connectivity index (χ1n) is 7.44. The summed E-state index contributed by atoms with van der Waals surface area (Å²) in [7, 11) is 0.